The Morgan fingerprint density at radius 1 is 1.06 bits per heavy atom. The monoisotopic (exact) mass is 483 g/mol. The van der Waals surface area contributed by atoms with Gasteiger partial charge in [-0.1, -0.05) is 65.7 Å². The van der Waals surface area contributed by atoms with E-state index in [0.717, 1.165) is 32.5 Å². The molecule has 4 nitrogen and oxygen atoms in total. The zero-order chi connectivity index (χ0) is 22.2. The summed E-state index contributed by atoms with van der Waals surface area (Å²) in [6.07, 6.45) is 0.708. The van der Waals surface area contributed by atoms with Gasteiger partial charge in [-0.05, 0) is 18.2 Å². The Balaban J connectivity index is 1.57. The molecule has 0 spiro atoms. The largest absolute Gasteiger partial charge is 0.494 e. The molecule has 1 N–H and O–H groups in total. The smallest absolute Gasteiger partial charge is 0.265 e. The fourth-order valence-electron chi connectivity index (χ4n) is 4.09. The number of para-hydroxylation sites is 1. The van der Waals surface area contributed by atoms with Gasteiger partial charge in [-0.3, -0.25) is 4.79 Å². The lowest BCUT2D eigenvalue weighted by Crippen LogP contribution is -2.31. The van der Waals surface area contributed by atoms with Crippen molar-refractivity contribution < 1.29 is 14.3 Å². The van der Waals surface area contributed by atoms with Crippen LogP contribution in [0.2, 0.25) is 10.0 Å². The van der Waals surface area contributed by atoms with Crippen molar-refractivity contribution in [1.82, 2.24) is 5.32 Å². The molecule has 1 atom stereocenters. The van der Waals surface area contributed by atoms with Crippen LogP contribution in [0.4, 0.5) is 0 Å². The van der Waals surface area contributed by atoms with Gasteiger partial charge in [-0.15, -0.1) is 11.3 Å². The van der Waals surface area contributed by atoms with Crippen molar-refractivity contribution in [3.05, 3.63) is 81.1 Å². The van der Waals surface area contributed by atoms with Gasteiger partial charge in [-0.25, -0.2) is 0 Å². The summed E-state index contributed by atoms with van der Waals surface area (Å²) in [6.45, 7) is 0.558. The molecule has 0 bridgehead atoms. The molecule has 32 heavy (non-hydrogen) atoms. The highest BCUT2D eigenvalue weighted by molar-refractivity contribution is 7.22. The molecule has 5 rings (SSSR count). The van der Waals surface area contributed by atoms with Crippen LogP contribution in [-0.4, -0.2) is 19.6 Å². The Morgan fingerprint density at radius 2 is 1.84 bits per heavy atom. The highest BCUT2D eigenvalue weighted by Gasteiger charge is 2.27. The third-order valence-corrected chi connectivity index (χ3v) is 7.62. The lowest BCUT2D eigenvalue weighted by atomic mass is 10.0. The van der Waals surface area contributed by atoms with Crippen LogP contribution in [0.25, 0.3) is 21.2 Å². The molecule has 7 heteroatoms. The van der Waals surface area contributed by atoms with Crippen LogP contribution in [0, 0.1) is 0 Å². The van der Waals surface area contributed by atoms with Gasteiger partial charge in [0.15, 0.2) is 0 Å². The molecule has 3 aromatic carbocycles. The maximum absolute atomic E-state index is 13.4. The van der Waals surface area contributed by atoms with Gasteiger partial charge in [0, 0.05) is 33.2 Å². The van der Waals surface area contributed by atoms with E-state index < -0.39 is 0 Å². The van der Waals surface area contributed by atoms with Gasteiger partial charge in [-0.2, -0.15) is 0 Å². The van der Waals surface area contributed by atoms with E-state index in [9.17, 15) is 4.79 Å². The van der Waals surface area contributed by atoms with Crippen molar-refractivity contribution in [2.75, 3.05) is 13.7 Å². The fourth-order valence-corrected chi connectivity index (χ4v) is 5.69. The molecule has 0 saturated heterocycles. The van der Waals surface area contributed by atoms with E-state index in [-0.39, 0.29) is 11.9 Å². The van der Waals surface area contributed by atoms with Gasteiger partial charge in [0.2, 0.25) is 0 Å². The van der Waals surface area contributed by atoms with Crippen LogP contribution in [0.15, 0.2) is 60.7 Å². The zero-order valence-corrected chi connectivity index (χ0v) is 19.5. The first-order chi connectivity index (χ1) is 15.6. The first kappa shape index (κ1) is 21.1. The van der Waals surface area contributed by atoms with E-state index >= 15 is 0 Å². The van der Waals surface area contributed by atoms with Crippen molar-refractivity contribution >= 4 is 50.5 Å². The van der Waals surface area contributed by atoms with Gasteiger partial charge in [0.25, 0.3) is 5.91 Å². The quantitative estimate of drug-likeness (QED) is 0.335. The molecule has 1 aromatic heterocycles. The number of rotatable bonds is 4. The Labute approximate surface area is 199 Å². The van der Waals surface area contributed by atoms with Gasteiger partial charge >= 0.3 is 0 Å². The van der Waals surface area contributed by atoms with Crippen molar-refractivity contribution in [2.45, 2.75) is 12.5 Å². The first-order valence-corrected chi connectivity index (χ1v) is 11.7. The molecule has 1 unspecified atom stereocenters. The number of nitrogens with one attached hydrogen (secondary N) is 1. The van der Waals surface area contributed by atoms with Crippen LogP contribution in [0.3, 0.4) is 0 Å². The van der Waals surface area contributed by atoms with E-state index in [4.69, 9.17) is 32.7 Å². The van der Waals surface area contributed by atoms with E-state index in [1.165, 1.54) is 11.3 Å². The molecule has 0 aliphatic carbocycles. The summed E-state index contributed by atoms with van der Waals surface area (Å²) in [4.78, 5) is 13.9. The lowest BCUT2D eigenvalue weighted by Gasteiger charge is -2.26. The fraction of sp³-hybridized carbons (Fsp3) is 0.160. The topological polar surface area (TPSA) is 47.6 Å². The molecule has 4 aromatic rings. The Bertz CT molecular complexity index is 1330. The average molecular weight is 484 g/mol. The number of thiophene rings is 1. The van der Waals surface area contributed by atoms with Crippen LogP contribution in [-0.2, 0) is 0 Å². The maximum Gasteiger partial charge on any atom is 0.265 e. The van der Waals surface area contributed by atoms with Crippen LogP contribution < -0.4 is 14.8 Å². The van der Waals surface area contributed by atoms with Crippen LogP contribution in [0.5, 0.6) is 11.5 Å². The summed E-state index contributed by atoms with van der Waals surface area (Å²) in [5.41, 5.74) is 2.71. The number of benzene rings is 3. The predicted octanol–water partition coefficient (Wildman–Crippen LogP) is 7.14. The third kappa shape index (κ3) is 3.60. The highest BCUT2D eigenvalue weighted by Crippen LogP contribution is 2.45. The van der Waals surface area contributed by atoms with Crippen molar-refractivity contribution in [3.63, 3.8) is 0 Å². The Hall–Kier alpha value is -2.73. The van der Waals surface area contributed by atoms with Crippen molar-refractivity contribution in [3.8, 4) is 22.6 Å². The maximum atomic E-state index is 13.4. The summed E-state index contributed by atoms with van der Waals surface area (Å²) in [5.74, 6) is 1.20. The molecular weight excluding hydrogens is 465 g/mol. The summed E-state index contributed by atoms with van der Waals surface area (Å²) in [6, 6.07) is 19.1. The minimum absolute atomic E-state index is 0.121. The van der Waals surface area contributed by atoms with E-state index in [1.54, 1.807) is 13.2 Å². The molecule has 0 radical (unpaired) electrons. The molecule has 162 valence electrons. The number of amides is 1. The minimum Gasteiger partial charge on any atom is -0.494 e. The second kappa shape index (κ2) is 8.66. The second-order valence-electron chi connectivity index (χ2n) is 7.45. The Kier molecular flexibility index (Phi) is 5.72. The number of fused-ring (bicyclic) bond motifs is 2. The molecule has 1 amide bonds. The first-order valence-electron chi connectivity index (χ1n) is 10.1. The number of hydrogen-bond acceptors (Lipinski definition) is 4. The molecule has 2 heterocycles. The van der Waals surface area contributed by atoms with Crippen LogP contribution in [0.1, 0.15) is 27.7 Å². The summed E-state index contributed by atoms with van der Waals surface area (Å²) >= 11 is 14.1. The lowest BCUT2D eigenvalue weighted by molar-refractivity contribution is 0.0926. The van der Waals surface area contributed by atoms with E-state index in [2.05, 4.69) is 5.32 Å². The second-order valence-corrected chi connectivity index (χ2v) is 9.25. The molecule has 0 saturated carbocycles. The summed E-state index contributed by atoms with van der Waals surface area (Å²) in [7, 11) is 1.58. The summed E-state index contributed by atoms with van der Waals surface area (Å²) in [5, 5.41) is 5.01. The normalized spacial score (nSPS) is 15.2. The number of carbonyl (C=O) groups excluding carboxylic acids is 1. The number of ether oxygens (including phenoxy) is 2. The van der Waals surface area contributed by atoms with Gasteiger partial charge in [0.05, 0.1) is 29.8 Å². The number of methoxy groups -OCH3 is 1. The zero-order valence-electron chi connectivity index (χ0n) is 17.2. The van der Waals surface area contributed by atoms with Crippen LogP contribution >= 0.6 is 34.5 Å². The summed E-state index contributed by atoms with van der Waals surface area (Å²) < 4.78 is 12.3. The molecule has 0 fully saturated rings. The van der Waals surface area contributed by atoms with Gasteiger partial charge in [0.1, 0.15) is 16.4 Å². The minimum atomic E-state index is -0.173. The van der Waals surface area contributed by atoms with E-state index in [1.807, 2.05) is 54.6 Å². The number of halogens is 2. The van der Waals surface area contributed by atoms with Gasteiger partial charge < -0.3 is 14.8 Å². The molecule has 1 aliphatic rings. The third-order valence-electron chi connectivity index (χ3n) is 5.59. The predicted molar refractivity (Wildman–Crippen MR) is 131 cm³/mol. The van der Waals surface area contributed by atoms with Crippen molar-refractivity contribution in [2.24, 2.45) is 0 Å². The number of carbonyl (C=O) groups is 1. The molecule has 1 aliphatic heterocycles. The molecular formula is C25H19Cl2NO3S. The SMILES string of the molecule is COc1c(C(=O)NC2CCOc3ccccc32)sc2c(-c3cccc(Cl)c3Cl)cccc12. The average Bonchev–Trinajstić information content (AvgIpc) is 3.20. The van der Waals surface area contributed by atoms with E-state index in [0.29, 0.717) is 33.7 Å². The standard InChI is InChI=1S/C25H19Cl2NO3S/c1-30-22-17-9-4-8-15(14-7-5-10-18(26)21(14)27)23(17)32-24(22)25(29)28-19-12-13-31-20-11-3-2-6-16(19)20/h2-11,19H,12-13H2,1H3,(H,28,29). The number of hydrogen-bond donors (Lipinski definition) is 1. The highest BCUT2D eigenvalue weighted by atomic mass is 35.5. The Morgan fingerprint density at radius 3 is 2.69 bits per heavy atom. The van der Waals surface area contributed by atoms with Crippen molar-refractivity contribution in [1.29, 1.82) is 0 Å².